The van der Waals surface area contributed by atoms with Gasteiger partial charge in [0, 0.05) is 49.0 Å². The van der Waals surface area contributed by atoms with Crippen molar-refractivity contribution >= 4 is 5.95 Å². The zero-order valence-corrected chi connectivity index (χ0v) is 11.0. The highest BCUT2D eigenvalue weighted by atomic mass is 15.2. The number of aromatic nitrogens is 3. The van der Waals surface area contributed by atoms with Gasteiger partial charge < -0.3 is 15.6 Å². The normalized spacial score (nSPS) is 11.6. The van der Waals surface area contributed by atoms with E-state index in [0.717, 1.165) is 11.3 Å². The highest BCUT2D eigenvalue weighted by Gasteiger charge is 2.15. The number of hydrogen-bond acceptors (Lipinski definition) is 4. The van der Waals surface area contributed by atoms with Crippen molar-refractivity contribution in [2.75, 3.05) is 18.5 Å². The summed E-state index contributed by atoms with van der Waals surface area (Å²) in [6.45, 7) is 4.67. The molecular weight excluding hydrogens is 226 g/mol. The smallest absolute Gasteiger partial charge is 0.225 e. The summed E-state index contributed by atoms with van der Waals surface area (Å²) in [7, 11) is 1.94. The Balaban J connectivity index is 2.13. The van der Waals surface area contributed by atoms with Gasteiger partial charge in [0.25, 0.3) is 0 Å². The van der Waals surface area contributed by atoms with E-state index in [1.165, 1.54) is 0 Å². The van der Waals surface area contributed by atoms with Crippen LogP contribution in [-0.4, -0.2) is 34.1 Å². The van der Waals surface area contributed by atoms with Gasteiger partial charge >= 0.3 is 0 Å². The van der Waals surface area contributed by atoms with Crippen LogP contribution in [0.25, 0.3) is 11.3 Å². The zero-order chi connectivity index (χ0) is 13.2. The average molecular weight is 245 g/mol. The molecule has 0 saturated carbocycles. The van der Waals surface area contributed by atoms with Gasteiger partial charge in [0.1, 0.15) is 0 Å². The number of likely N-dealkylation sites (N-methyl/N-ethyl adjacent to an activating group) is 1. The first-order valence-electron chi connectivity index (χ1n) is 5.91. The predicted molar refractivity (Wildman–Crippen MR) is 73.4 cm³/mol. The molecule has 5 nitrogen and oxygen atoms in total. The highest BCUT2D eigenvalue weighted by Crippen LogP contribution is 2.16. The Labute approximate surface area is 107 Å². The molecular formula is C13H19N5. The van der Waals surface area contributed by atoms with Gasteiger partial charge in [-0.05, 0) is 26.0 Å². The van der Waals surface area contributed by atoms with E-state index >= 15 is 0 Å². The number of anilines is 1. The minimum Gasteiger partial charge on any atom is -0.361 e. The molecule has 0 radical (unpaired) electrons. The Morgan fingerprint density at radius 1 is 1.33 bits per heavy atom. The van der Waals surface area contributed by atoms with Crippen molar-refractivity contribution in [2.24, 2.45) is 5.73 Å². The molecule has 18 heavy (non-hydrogen) atoms. The molecule has 2 heterocycles. The molecule has 2 rings (SSSR count). The van der Waals surface area contributed by atoms with E-state index in [4.69, 9.17) is 5.73 Å². The quantitative estimate of drug-likeness (QED) is 0.859. The molecule has 0 spiro atoms. The summed E-state index contributed by atoms with van der Waals surface area (Å²) in [5.41, 5.74) is 7.70. The van der Waals surface area contributed by atoms with Crippen LogP contribution >= 0.6 is 0 Å². The second-order valence-corrected chi connectivity index (χ2v) is 5.20. The van der Waals surface area contributed by atoms with Crippen molar-refractivity contribution in [3.8, 4) is 11.3 Å². The van der Waals surface area contributed by atoms with Crippen LogP contribution < -0.4 is 10.6 Å². The molecule has 0 saturated heterocycles. The number of nitrogens with zero attached hydrogens (tertiary/aromatic N) is 3. The van der Waals surface area contributed by atoms with Crippen LogP contribution in [0.1, 0.15) is 13.8 Å². The maximum atomic E-state index is 5.98. The van der Waals surface area contributed by atoms with Crippen molar-refractivity contribution in [3.63, 3.8) is 0 Å². The lowest BCUT2D eigenvalue weighted by Crippen LogP contribution is -2.44. The van der Waals surface area contributed by atoms with Crippen LogP contribution in [0.3, 0.4) is 0 Å². The minimum atomic E-state index is -0.268. The van der Waals surface area contributed by atoms with E-state index < -0.39 is 0 Å². The molecule has 0 aliphatic heterocycles. The standard InChI is InChI=1S/C13H19N5/c1-13(2,14)9-18(3)12-16-7-10(8-17-12)11-5-4-6-15-11/h4-8,15H,9,14H2,1-3H3. The lowest BCUT2D eigenvalue weighted by atomic mass is 10.1. The fourth-order valence-electron chi connectivity index (χ4n) is 1.85. The molecule has 0 amide bonds. The van der Waals surface area contributed by atoms with Crippen LogP contribution in [-0.2, 0) is 0 Å². The maximum absolute atomic E-state index is 5.98. The minimum absolute atomic E-state index is 0.268. The molecule has 0 atom stereocenters. The van der Waals surface area contributed by atoms with E-state index in [1.54, 1.807) is 0 Å². The number of H-pyrrole nitrogens is 1. The summed E-state index contributed by atoms with van der Waals surface area (Å²) in [5.74, 6) is 0.684. The van der Waals surface area contributed by atoms with Gasteiger partial charge in [0.05, 0.1) is 0 Å². The third-order valence-electron chi connectivity index (χ3n) is 2.53. The molecule has 96 valence electrons. The first-order valence-corrected chi connectivity index (χ1v) is 5.91. The molecule has 0 unspecified atom stereocenters. The zero-order valence-electron chi connectivity index (χ0n) is 11.0. The van der Waals surface area contributed by atoms with Gasteiger partial charge in [-0.15, -0.1) is 0 Å². The van der Waals surface area contributed by atoms with E-state index in [-0.39, 0.29) is 5.54 Å². The van der Waals surface area contributed by atoms with Crippen molar-refractivity contribution in [1.29, 1.82) is 0 Å². The lowest BCUT2D eigenvalue weighted by molar-refractivity contribution is 0.515. The highest BCUT2D eigenvalue weighted by molar-refractivity contribution is 5.57. The van der Waals surface area contributed by atoms with Crippen molar-refractivity contribution < 1.29 is 0 Å². The Hall–Kier alpha value is -1.88. The molecule has 0 aliphatic carbocycles. The number of hydrogen-bond donors (Lipinski definition) is 2. The Kier molecular flexibility index (Phi) is 3.34. The summed E-state index contributed by atoms with van der Waals surface area (Å²) in [5, 5.41) is 0. The fraction of sp³-hybridized carbons (Fsp3) is 0.385. The van der Waals surface area contributed by atoms with Crippen LogP contribution in [0.2, 0.25) is 0 Å². The number of nitrogens with one attached hydrogen (secondary N) is 1. The van der Waals surface area contributed by atoms with Crippen LogP contribution in [0.4, 0.5) is 5.95 Å². The Morgan fingerprint density at radius 2 is 2.00 bits per heavy atom. The van der Waals surface area contributed by atoms with Crippen molar-refractivity contribution in [1.82, 2.24) is 15.0 Å². The van der Waals surface area contributed by atoms with E-state index in [1.807, 2.05) is 56.5 Å². The molecule has 0 aliphatic rings. The molecule has 3 N–H and O–H groups in total. The monoisotopic (exact) mass is 245 g/mol. The van der Waals surface area contributed by atoms with Crippen LogP contribution in [0.15, 0.2) is 30.7 Å². The Bertz CT molecular complexity index is 481. The predicted octanol–water partition coefficient (Wildman–Crippen LogP) is 1.65. The van der Waals surface area contributed by atoms with E-state index in [0.29, 0.717) is 12.5 Å². The molecule has 2 aromatic rings. The Morgan fingerprint density at radius 3 is 2.50 bits per heavy atom. The summed E-state index contributed by atoms with van der Waals surface area (Å²) in [6, 6.07) is 3.94. The van der Waals surface area contributed by atoms with Gasteiger partial charge in [-0.3, -0.25) is 0 Å². The van der Waals surface area contributed by atoms with E-state index in [9.17, 15) is 0 Å². The topological polar surface area (TPSA) is 70.8 Å². The van der Waals surface area contributed by atoms with Gasteiger partial charge in [0.2, 0.25) is 5.95 Å². The SMILES string of the molecule is CN(CC(C)(C)N)c1ncc(-c2ccc[nH]2)cn1. The van der Waals surface area contributed by atoms with Crippen LogP contribution in [0, 0.1) is 0 Å². The second kappa shape index (κ2) is 4.78. The molecule has 0 bridgehead atoms. The molecule has 5 heteroatoms. The number of rotatable bonds is 4. The van der Waals surface area contributed by atoms with Gasteiger partial charge in [-0.25, -0.2) is 9.97 Å². The lowest BCUT2D eigenvalue weighted by Gasteiger charge is -2.26. The summed E-state index contributed by atoms with van der Waals surface area (Å²) < 4.78 is 0. The third-order valence-corrected chi connectivity index (χ3v) is 2.53. The largest absolute Gasteiger partial charge is 0.361 e. The fourth-order valence-corrected chi connectivity index (χ4v) is 1.85. The molecule has 0 fully saturated rings. The van der Waals surface area contributed by atoms with Gasteiger partial charge in [0.15, 0.2) is 0 Å². The van der Waals surface area contributed by atoms with Crippen molar-refractivity contribution in [3.05, 3.63) is 30.7 Å². The molecule has 0 aromatic carbocycles. The second-order valence-electron chi connectivity index (χ2n) is 5.20. The van der Waals surface area contributed by atoms with Gasteiger partial charge in [-0.1, -0.05) is 0 Å². The van der Waals surface area contributed by atoms with Crippen LogP contribution in [0.5, 0.6) is 0 Å². The third kappa shape index (κ3) is 3.07. The van der Waals surface area contributed by atoms with Gasteiger partial charge in [-0.2, -0.15) is 0 Å². The molecule has 2 aromatic heterocycles. The number of nitrogens with two attached hydrogens (primary N) is 1. The first kappa shape index (κ1) is 12.6. The van der Waals surface area contributed by atoms with E-state index in [2.05, 4.69) is 15.0 Å². The number of aromatic amines is 1. The summed E-state index contributed by atoms with van der Waals surface area (Å²) >= 11 is 0. The van der Waals surface area contributed by atoms with Crippen molar-refractivity contribution in [2.45, 2.75) is 19.4 Å². The summed E-state index contributed by atoms with van der Waals surface area (Å²) in [6.07, 6.45) is 5.51. The average Bonchev–Trinajstić information content (AvgIpc) is 2.80. The maximum Gasteiger partial charge on any atom is 0.225 e. The first-order chi connectivity index (χ1) is 8.46. The summed E-state index contributed by atoms with van der Waals surface area (Å²) in [4.78, 5) is 13.8.